The maximum Gasteiger partial charge on any atom is 0.413 e. The largest absolute Gasteiger partial charge is 0.444 e. The number of primary amides is 2. The molecule has 0 radical (unpaired) electrons. The highest BCUT2D eigenvalue weighted by Crippen LogP contribution is 2.24. The normalized spacial score (nSPS) is 11.0. The summed E-state index contributed by atoms with van der Waals surface area (Å²) in [7, 11) is 0. The van der Waals surface area contributed by atoms with Gasteiger partial charge in [-0.05, 0) is 155 Å². The second-order valence-electron chi connectivity index (χ2n) is 19.4. The number of benzene rings is 2. The van der Waals surface area contributed by atoms with Crippen molar-refractivity contribution in [1.29, 1.82) is 10.5 Å². The summed E-state index contributed by atoms with van der Waals surface area (Å²) < 4.78 is 8.24. The molecule has 0 aliphatic carbocycles. The van der Waals surface area contributed by atoms with Crippen LogP contribution in [0.4, 0.5) is 16.4 Å². The van der Waals surface area contributed by atoms with Crippen LogP contribution in [0.15, 0.2) is 73.3 Å². The summed E-state index contributed by atoms with van der Waals surface area (Å²) in [5.41, 5.74) is 26.1. The van der Waals surface area contributed by atoms with Crippen molar-refractivity contribution in [2.24, 2.45) is 11.5 Å². The zero-order valence-corrected chi connectivity index (χ0v) is 43.9. The number of amides is 5. The summed E-state index contributed by atoms with van der Waals surface area (Å²) in [5.74, 6) is -1.36. The molecule has 0 saturated carbocycles. The maximum absolute atomic E-state index is 13.1. The van der Waals surface area contributed by atoms with Crippen LogP contribution in [0.5, 0.6) is 0 Å². The smallest absolute Gasteiger partial charge is 0.413 e. The molecule has 8 aromatic rings. The van der Waals surface area contributed by atoms with E-state index in [-0.39, 0.29) is 54.3 Å². The Morgan fingerprint density at radius 3 is 1.47 bits per heavy atom. The van der Waals surface area contributed by atoms with Crippen LogP contribution in [0.3, 0.4) is 0 Å². The minimum Gasteiger partial charge on any atom is -0.444 e. The van der Waals surface area contributed by atoms with Crippen molar-refractivity contribution in [1.82, 2.24) is 50.1 Å². The number of fused-ring (bicyclic) bond motifs is 2. The molecule has 0 unspecified atom stereocenters. The van der Waals surface area contributed by atoms with Crippen molar-refractivity contribution >= 4 is 63.2 Å². The number of nitrogens with one attached hydrogen (secondary N) is 3. The minimum absolute atomic E-state index is 0.000185. The summed E-state index contributed by atoms with van der Waals surface area (Å²) >= 11 is 0. The number of rotatable bonds is 13. The molecule has 0 fully saturated rings. The van der Waals surface area contributed by atoms with Gasteiger partial charge >= 0.3 is 6.09 Å². The van der Waals surface area contributed by atoms with E-state index in [9.17, 15) is 34.5 Å². The second-order valence-corrected chi connectivity index (χ2v) is 19.4. The number of nitrogens with two attached hydrogens (primary N) is 3. The summed E-state index contributed by atoms with van der Waals surface area (Å²) in [6, 6.07) is 18.2. The van der Waals surface area contributed by atoms with Crippen LogP contribution in [-0.4, -0.2) is 74.8 Å². The first-order chi connectivity index (χ1) is 36.4. The maximum atomic E-state index is 13.1. The SMILES string of the molecule is Cc1cnc2c(C(N)=O)cc(Cn3cc(C(=O)NCc4c(C)cc(N)nc4C)c(C#N)n3)cc2c1.Cc1cnc2c(C(N)=O)cc(Cn3cc(C(=O)NCc4c(C)cc(NC(=O)OC(C)(C)C)nc4C)c(C#N)n3)cc2c1. The number of anilines is 2. The molecular formula is C55H56N16O6. The van der Waals surface area contributed by atoms with Crippen molar-refractivity contribution in [2.45, 2.75) is 94.1 Å². The third-order valence-electron chi connectivity index (χ3n) is 12.0. The van der Waals surface area contributed by atoms with Crippen LogP contribution >= 0.6 is 0 Å². The molecule has 0 spiro atoms. The van der Waals surface area contributed by atoms with Gasteiger partial charge in [-0.15, -0.1) is 0 Å². The number of carbonyl (C=O) groups is 5. The fourth-order valence-electron chi connectivity index (χ4n) is 8.56. The molecule has 8 rings (SSSR count). The molecule has 6 aromatic heterocycles. The molecule has 5 amide bonds. The summed E-state index contributed by atoms with van der Waals surface area (Å²) in [4.78, 5) is 79.5. The number of carbonyl (C=O) groups excluding carboxylic acids is 5. The predicted octanol–water partition coefficient (Wildman–Crippen LogP) is 6.33. The van der Waals surface area contributed by atoms with E-state index in [4.69, 9.17) is 21.9 Å². The number of hydrogen-bond acceptors (Lipinski definition) is 15. The van der Waals surface area contributed by atoms with Gasteiger partial charge in [0.05, 0.1) is 46.4 Å². The van der Waals surface area contributed by atoms with Crippen molar-refractivity contribution in [3.05, 3.63) is 163 Å². The average Bonchev–Trinajstić information content (AvgIpc) is 3.96. The molecule has 2 aromatic carbocycles. The molecule has 0 aliphatic heterocycles. The van der Waals surface area contributed by atoms with E-state index in [2.05, 4.69) is 46.1 Å². The number of nitrogen functional groups attached to an aromatic ring is 1. The molecule has 22 heteroatoms. The fraction of sp³-hybridized carbons (Fsp3) is 0.255. The quantitative estimate of drug-likeness (QED) is 0.0735. The third-order valence-corrected chi connectivity index (χ3v) is 12.0. The molecule has 0 saturated heterocycles. The van der Waals surface area contributed by atoms with E-state index < -0.39 is 35.3 Å². The highest BCUT2D eigenvalue weighted by atomic mass is 16.6. The van der Waals surface area contributed by atoms with Gasteiger partial charge in [-0.2, -0.15) is 20.7 Å². The van der Waals surface area contributed by atoms with Crippen molar-refractivity contribution in [3.8, 4) is 12.1 Å². The van der Waals surface area contributed by atoms with Gasteiger partial charge in [-0.25, -0.2) is 14.8 Å². The number of aromatic nitrogens is 8. The summed E-state index contributed by atoms with van der Waals surface area (Å²) in [5, 5.41) is 37.5. The standard InChI is InChI=1S/C30H32N8O4.C25H24N8O2/c1-16-7-20-9-19(10-21(27(32)39)26(20)33-12-16)14-38-15-23(24(11-31)37-38)28(40)34-13-22-17(2)8-25(35-18(22)3)36-29(41)42-30(4,5)6;1-13-4-17-6-16(7-18(24(28)34)23(17)29-9-13)11-33-12-20(21(8-26)32-33)25(35)30-10-19-14(2)5-22(27)31-15(19)3/h7-10,12,15H,13-14H2,1-6H3,(H2,32,39)(H,34,40)(H,35,36,41);4-7,9,12H,10-11H2,1-3H3,(H2,27,31)(H2,28,34)(H,30,35). The zero-order chi connectivity index (χ0) is 56.0. The third kappa shape index (κ3) is 13.2. The van der Waals surface area contributed by atoms with Crippen LogP contribution < -0.4 is 33.2 Å². The fourth-order valence-corrected chi connectivity index (χ4v) is 8.56. The molecule has 0 aliphatic rings. The van der Waals surface area contributed by atoms with Crippen LogP contribution in [0.25, 0.3) is 21.8 Å². The van der Waals surface area contributed by atoms with Gasteiger partial charge in [-0.1, -0.05) is 0 Å². The molecule has 0 bridgehead atoms. The molecule has 77 heavy (non-hydrogen) atoms. The second kappa shape index (κ2) is 22.6. The van der Waals surface area contributed by atoms with Gasteiger partial charge in [-0.3, -0.25) is 43.8 Å². The molecule has 9 N–H and O–H groups in total. The molecule has 6 heterocycles. The number of hydrogen-bond donors (Lipinski definition) is 6. The van der Waals surface area contributed by atoms with Gasteiger partial charge in [0.1, 0.15) is 29.4 Å². The van der Waals surface area contributed by atoms with Gasteiger partial charge in [0.25, 0.3) is 23.6 Å². The van der Waals surface area contributed by atoms with E-state index in [0.717, 1.165) is 55.4 Å². The lowest BCUT2D eigenvalue weighted by Gasteiger charge is -2.20. The Hall–Kier alpha value is -10.1. The zero-order valence-electron chi connectivity index (χ0n) is 43.9. The van der Waals surface area contributed by atoms with E-state index >= 15 is 0 Å². The number of ether oxygens (including phenoxy) is 1. The van der Waals surface area contributed by atoms with Crippen LogP contribution in [-0.2, 0) is 30.9 Å². The minimum atomic E-state index is -0.646. The number of aryl methyl sites for hydroxylation is 6. The van der Waals surface area contributed by atoms with Crippen molar-refractivity contribution < 1.29 is 28.7 Å². The monoisotopic (exact) mass is 1040 g/mol. The van der Waals surface area contributed by atoms with Gasteiger partial charge in [0, 0.05) is 60.0 Å². The van der Waals surface area contributed by atoms with E-state index in [1.54, 1.807) is 64.4 Å². The van der Waals surface area contributed by atoms with E-state index in [1.807, 2.05) is 71.0 Å². The molecule has 22 nitrogen and oxygen atoms in total. The number of nitriles is 2. The Bertz CT molecular complexity index is 3740. The van der Waals surface area contributed by atoms with Crippen LogP contribution in [0, 0.1) is 64.2 Å². The first kappa shape index (κ1) is 54.7. The van der Waals surface area contributed by atoms with Crippen LogP contribution in [0.1, 0.15) is 129 Å². The average molecular weight is 1040 g/mol. The van der Waals surface area contributed by atoms with Gasteiger partial charge in [0.15, 0.2) is 11.4 Å². The highest BCUT2D eigenvalue weighted by Gasteiger charge is 2.22. The lowest BCUT2D eigenvalue weighted by atomic mass is 10.0. The Balaban J connectivity index is 0.000000227. The Labute approximate surface area is 442 Å². The van der Waals surface area contributed by atoms with Gasteiger partial charge in [0.2, 0.25) is 0 Å². The first-order valence-electron chi connectivity index (χ1n) is 24.0. The molecule has 0 atom stereocenters. The van der Waals surface area contributed by atoms with Crippen molar-refractivity contribution in [2.75, 3.05) is 11.1 Å². The predicted molar refractivity (Wildman–Crippen MR) is 286 cm³/mol. The lowest BCUT2D eigenvalue weighted by Crippen LogP contribution is -2.28. The Morgan fingerprint density at radius 1 is 0.623 bits per heavy atom. The number of pyridine rings is 4. The topological polar surface area (TPSA) is 344 Å². The lowest BCUT2D eigenvalue weighted by molar-refractivity contribution is 0.0634. The summed E-state index contributed by atoms with van der Waals surface area (Å²) in [6.07, 6.45) is 5.73. The molecular weight excluding hydrogens is 981 g/mol. The highest BCUT2D eigenvalue weighted by molar-refractivity contribution is 6.06. The van der Waals surface area contributed by atoms with E-state index in [1.165, 1.54) is 21.8 Å². The van der Waals surface area contributed by atoms with Crippen LogP contribution in [0.2, 0.25) is 0 Å². The first-order valence-corrected chi connectivity index (χ1v) is 24.0. The Morgan fingerprint density at radius 2 is 1.06 bits per heavy atom. The number of nitrogens with zero attached hydrogens (tertiary/aromatic N) is 10. The van der Waals surface area contributed by atoms with Gasteiger partial charge < -0.3 is 32.6 Å². The van der Waals surface area contributed by atoms with E-state index in [0.29, 0.717) is 39.5 Å². The van der Waals surface area contributed by atoms with Crippen molar-refractivity contribution in [3.63, 3.8) is 0 Å². The Kier molecular flexibility index (Phi) is 16.0. The molecule has 392 valence electrons. The summed E-state index contributed by atoms with van der Waals surface area (Å²) in [6.45, 7) is 17.2.